The van der Waals surface area contributed by atoms with Crippen molar-refractivity contribution in [3.63, 3.8) is 0 Å². The van der Waals surface area contributed by atoms with E-state index in [-0.39, 0.29) is 6.10 Å². The first-order valence-corrected chi connectivity index (χ1v) is 6.35. The second-order valence-corrected chi connectivity index (χ2v) is 4.79. The number of anilines is 1. The molecule has 0 saturated heterocycles. The number of ether oxygens (including phenoxy) is 1. The van der Waals surface area contributed by atoms with E-state index in [0.717, 1.165) is 22.6 Å². The Morgan fingerprint density at radius 2 is 1.79 bits per heavy atom. The molecule has 2 rings (SSSR count). The van der Waals surface area contributed by atoms with Crippen LogP contribution in [0.5, 0.6) is 5.75 Å². The van der Waals surface area contributed by atoms with Crippen molar-refractivity contribution in [3.05, 3.63) is 35.7 Å². The summed E-state index contributed by atoms with van der Waals surface area (Å²) in [5, 5.41) is 0. The highest BCUT2D eigenvalue weighted by atomic mass is 16.5. The van der Waals surface area contributed by atoms with Crippen LogP contribution in [0.25, 0.3) is 11.3 Å². The van der Waals surface area contributed by atoms with E-state index < -0.39 is 0 Å². The number of hydrogen-bond acceptors (Lipinski definition) is 4. The number of nitrogens with two attached hydrogens (primary N) is 1. The van der Waals surface area contributed by atoms with Gasteiger partial charge in [0, 0.05) is 11.1 Å². The number of aromatic nitrogens is 2. The lowest BCUT2D eigenvalue weighted by atomic mass is 10.1. The van der Waals surface area contributed by atoms with Gasteiger partial charge in [-0.1, -0.05) is 12.1 Å². The predicted octanol–water partition coefficient (Wildman–Crippen LogP) is 3.13. The molecule has 0 saturated carbocycles. The minimum atomic E-state index is 0.113. The Bertz CT molecular complexity index is 594. The molecule has 0 aliphatic carbocycles. The average Bonchev–Trinajstić information content (AvgIpc) is 2.34. The largest absolute Gasteiger partial charge is 0.490 e. The highest BCUT2D eigenvalue weighted by Crippen LogP contribution is 2.32. The van der Waals surface area contributed by atoms with Gasteiger partial charge in [-0.15, -0.1) is 0 Å². The van der Waals surface area contributed by atoms with Gasteiger partial charge < -0.3 is 10.5 Å². The van der Waals surface area contributed by atoms with Crippen LogP contribution < -0.4 is 10.5 Å². The topological polar surface area (TPSA) is 61.0 Å². The Morgan fingerprint density at radius 1 is 1.11 bits per heavy atom. The molecular formula is C15H19N3O. The molecule has 0 radical (unpaired) electrons. The smallest absolute Gasteiger partial charge is 0.130 e. The van der Waals surface area contributed by atoms with Gasteiger partial charge in [0.25, 0.3) is 0 Å². The summed E-state index contributed by atoms with van der Waals surface area (Å²) in [5.74, 6) is 2.00. The van der Waals surface area contributed by atoms with Gasteiger partial charge in [-0.3, -0.25) is 0 Å². The second-order valence-electron chi connectivity index (χ2n) is 4.79. The molecule has 0 aliphatic heterocycles. The van der Waals surface area contributed by atoms with Crippen LogP contribution in [0, 0.1) is 13.8 Å². The lowest BCUT2D eigenvalue weighted by Gasteiger charge is -2.15. The minimum absolute atomic E-state index is 0.113. The highest BCUT2D eigenvalue weighted by molar-refractivity contribution is 5.72. The van der Waals surface area contributed by atoms with E-state index in [2.05, 4.69) is 9.97 Å². The molecule has 0 spiro atoms. The average molecular weight is 257 g/mol. The number of hydrogen-bond donors (Lipinski definition) is 1. The van der Waals surface area contributed by atoms with E-state index in [1.165, 1.54) is 0 Å². The first kappa shape index (κ1) is 13.3. The maximum atomic E-state index is 5.92. The first-order chi connectivity index (χ1) is 8.99. The van der Waals surface area contributed by atoms with Crippen LogP contribution in [-0.4, -0.2) is 16.1 Å². The molecule has 2 N–H and O–H groups in total. The molecule has 1 heterocycles. The normalized spacial score (nSPS) is 10.8. The third kappa shape index (κ3) is 2.84. The van der Waals surface area contributed by atoms with E-state index in [1.807, 2.05) is 52.0 Å². The summed E-state index contributed by atoms with van der Waals surface area (Å²) in [4.78, 5) is 8.68. The van der Waals surface area contributed by atoms with Gasteiger partial charge in [0.05, 0.1) is 11.8 Å². The van der Waals surface area contributed by atoms with Crippen molar-refractivity contribution < 1.29 is 4.74 Å². The van der Waals surface area contributed by atoms with E-state index in [9.17, 15) is 0 Å². The Hall–Kier alpha value is -2.10. The number of rotatable bonds is 3. The molecule has 0 atom stereocenters. The molecule has 0 aliphatic rings. The summed E-state index contributed by atoms with van der Waals surface area (Å²) in [6.07, 6.45) is 0.113. The van der Waals surface area contributed by atoms with E-state index >= 15 is 0 Å². The third-order valence-electron chi connectivity index (χ3n) is 2.80. The van der Waals surface area contributed by atoms with E-state index in [1.54, 1.807) is 0 Å². The maximum Gasteiger partial charge on any atom is 0.130 e. The van der Waals surface area contributed by atoms with Crippen molar-refractivity contribution in [1.29, 1.82) is 0 Å². The van der Waals surface area contributed by atoms with Gasteiger partial charge in [-0.05, 0) is 39.8 Å². The summed E-state index contributed by atoms with van der Waals surface area (Å²) in [5.41, 5.74) is 8.58. The number of nitrogens with zero attached hydrogens (tertiary/aromatic N) is 2. The first-order valence-electron chi connectivity index (χ1n) is 6.35. The quantitative estimate of drug-likeness (QED) is 0.917. The minimum Gasteiger partial charge on any atom is -0.490 e. The molecule has 19 heavy (non-hydrogen) atoms. The van der Waals surface area contributed by atoms with E-state index in [0.29, 0.717) is 11.6 Å². The van der Waals surface area contributed by atoms with Crippen LogP contribution in [0.4, 0.5) is 5.82 Å². The van der Waals surface area contributed by atoms with Gasteiger partial charge >= 0.3 is 0 Å². The fraction of sp³-hybridized carbons (Fsp3) is 0.333. The molecule has 0 fully saturated rings. The summed E-state index contributed by atoms with van der Waals surface area (Å²) in [7, 11) is 0. The van der Waals surface area contributed by atoms with Crippen LogP contribution in [0.1, 0.15) is 25.2 Å². The van der Waals surface area contributed by atoms with Gasteiger partial charge in [-0.2, -0.15) is 0 Å². The Labute approximate surface area is 113 Å². The van der Waals surface area contributed by atoms with Crippen molar-refractivity contribution in [2.75, 3.05) is 5.73 Å². The van der Waals surface area contributed by atoms with E-state index in [4.69, 9.17) is 10.5 Å². The molecule has 100 valence electrons. The zero-order chi connectivity index (χ0) is 14.0. The maximum absolute atomic E-state index is 5.92. The summed E-state index contributed by atoms with van der Waals surface area (Å²) >= 11 is 0. The fourth-order valence-electron chi connectivity index (χ4n) is 1.93. The second kappa shape index (κ2) is 5.26. The molecule has 4 heteroatoms. The zero-order valence-electron chi connectivity index (χ0n) is 11.8. The van der Waals surface area contributed by atoms with Crippen molar-refractivity contribution in [3.8, 4) is 17.0 Å². The van der Waals surface area contributed by atoms with Gasteiger partial charge in [-0.25, -0.2) is 9.97 Å². The molecule has 4 nitrogen and oxygen atoms in total. The molecule has 2 aromatic rings. The van der Waals surface area contributed by atoms with Gasteiger partial charge in [0.1, 0.15) is 17.4 Å². The van der Waals surface area contributed by atoms with Crippen LogP contribution >= 0.6 is 0 Å². The fourth-order valence-corrected chi connectivity index (χ4v) is 1.93. The number of nitrogen functional groups attached to an aromatic ring is 1. The van der Waals surface area contributed by atoms with Crippen LogP contribution in [0.15, 0.2) is 24.3 Å². The lowest BCUT2D eigenvalue weighted by Crippen LogP contribution is -2.08. The molecule has 1 aromatic heterocycles. The molecule has 0 unspecified atom stereocenters. The van der Waals surface area contributed by atoms with Crippen molar-refractivity contribution in [1.82, 2.24) is 9.97 Å². The molecule has 0 bridgehead atoms. The third-order valence-corrected chi connectivity index (χ3v) is 2.80. The Morgan fingerprint density at radius 3 is 2.47 bits per heavy atom. The van der Waals surface area contributed by atoms with Crippen molar-refractivity contribution in [2.45, 2.75) is 33.8 Å². The number of benzene rings is 1. The molecular weight excluding hydrogens is 238 g/mol. The van der Waals surface area contributed by atoms with Crippen molar-refractivity contribution in [2.24, 2.45) is 0 Å². The lowest BCUT2D eigenvalue weighted by molar-refractivity contribution is 0.243. The standard InChI is InChI=1S/C15H19N3O/c1-9(2)19-13-8-6-5-7-12(13)14-10(3)15(16)18-11(4)17-14/h5-9H,1-4H3,(H2,16,17,18). The van der Waals surface area contributed by atoms with Crippen LogP contribution in [-0.2, 0) is 0 Å². The SMILES string of the molecule is Cc1nc(N)c(C)c(-c2ccccc2OC(C)C)n1. The Kier molecular flexibility index (Phi) is 3.69. The monoisotopic (exact) mass is 257 g/mol. The Balaban J connectivity index is 2.59. The summed E-state index contributed by atoms with van der Waals surface area (Å²) in [6.45, 7) is 7.77. The van der Waals surface area contributed by atoms with Gasteiger partial charge in [0.2, 0.25) is 0 Å². The molecule has 0 amide bonds. The van der Waals surface area contributed by atoms with Crippen LogP contribution in [0.3, 0.4) is 0 Å². The van der Waals surface area contributed by atoms with Crippen LogP contribution in [0.2, 0.25) is 0 Å². The highest BCUT2D eigenvalue weighted by Gasteiger charge is 2.14. The van der Waals surface area contributed by atoms with Crippen molar-refractivity contribution >= 4 is 5.82 Å². The molecule has 1 aromatic carbocycles. The van der Waals surface area contributed by atoms with Gasteiger partial charge in [0.15, 0.2) is 0 Å². The summed E-state index contributed by atoms with van der Waals surface area (Å²) < 4.78 is 5.83. The summed E-state index contributed by atoms with van der Waals surface area (Å²) in [6, 6.07) is 7.86. The number of aryl methyl sites for hydroxylation is 1. The predicted molar refractivity (Wildman–Crippen MR) is 77.1 cm³/mol. The number of para-hydroxylation sites is 1. The zero-order valence-corrected chi connectivity index (χ0v) is 11.8.